The van der Waals surface area contributed by atoms with Crippen LogP contribution in [0.4, 0.5) is 5.95 Å². The Hall–Kier alpha value is -2.04. The number of hydrogen-bond acceptors (Lipinski definition) is 4. The van der Waals surface area contributed by atoms with Gasteiger partial charge in [-0.15, -0.1) is 0 Å². The minimum absolute atomic E-state index is 0.132. The van der Waals surface area contributed by atoms with Crippen LogP contribution in [0.2, 0.25) is 0 Å². The van der Waals surface area contributed by atoms with Gasteiger partial charge in [0, 0.05) is 11.8 Å². The maximum Gasteiger partial charge on any atom is 0.255 e. The van der Waals surface area contributed by atoms with Gasteiger partial charge in [0.15, 0.2) is 0 Å². The maximum absolute atomic E-state index is 11.2. The first-order chi connectivity index (χ1) is 7.25. The second kappa shape index (κ2) is 4.00. The molecule has 0 fully saturated rings. The molecule has 0 aliphatic carbocycles. The molecule has 5 heteroatoms. The van der Waals surface area contributed by atoms with Crippen molar-refractivity contribution in [1.29, 1.82) is 0 Å². The van der Waals surface area contributed by atoms with Gasteiger partial charge in [-0.25, -0.2) is 4.98 Å². The largest absolute Gasteiger partial charge is 0.467 e. The van der Waals surface area contributed by atoms with E-state index in [1.54, 1.807) is 13.2 Å². The molecule has 78 valence electrons. The summed E-state index contributed by atoms with van der Waals surface area (Å²) in [4.78, 5) is 17.9. The lowest BCUT2D eigenvalue weighted by Crippen LogP contribution is -2.14. The van der Waals surface area contributed by atoms with Crippen molar-refractivity contribution in [2.24, 2.45) is 0 Å². The van der Waals surface area contributed by atoms with Gasteiger partial charge in [-0.3, -0.25) is 9.78 Å². The molecule has 0 saturated heterocycles. The van der Waals surface area contributed by atoms with Crippen molar-refractivity contribution in [3.8, 4) is 0 Å². The number of hydrogen-bond donors (Lipinski definition) is 2. The van der Waals surface area contributed by atoms with Crippen LogP contribution >= 0.6 is 0 Å². The van der Waals surface area contributed by atoms with E-state index in [1.165, 1.54) is 6.20 Å². The Morgan fingerprint density at radius 2 is 2.47 bits per heavy atom. The number of nitrogens with one attached hydrogen (secondary N) is 2. The predicted molar refractivity (Wildman–Crippen MR) is 55.6 cm³/mol. The number of aromatic nitrogens is 2. The highest BCUT2D eigenvalue weighted by Crippen LogP contribution is 2.02. The Morgan fingerprint density at radius 1 is 1.60 bits per heavy atom. The van der Waals surface area contributed by atoms with Gasteiger partial charge in [0.05, 0.1) is 12.8 Å². The molecule has 0 atom stereocenters. The molecule has 2 heterocycles. The Balaban J connectivity index is 2.06. The van der Waals surface area contributed by atoms with Crippen LogP contribution in [0.15, 0.2) is 33.8 Å². The first kappa shape index (κ1) is 9.51. The fourth-order valence-corrected chi connectivity index (χ4v) is 1.13. The van der Waals surface area contributed by atoms with E-state index >= 15 is 0 Å². The molecule has 2 aromatic heterocycles. The van der Waals surface area contributed by atoms with Crippen LogP contribution in [0.25, 0.3) is 0 Å². The normalized spacial score (nSPS) is 10.2. The SMILES string of the molecule is Cc1cnc(NCc2ccco2)[nH]c1=O. The molecule has 0 bridgehead atoms. The first-order valence-electron chi connectivity index (χ1n) is 4.58. The smallest absolute Gasteiger partial charge is 0.255 e. The highest BCUT2D eigenvalue weighted by Gasteiger charge is 1.99. The zero-order valence-corrected chi connectivity index (χ0v) is 8.28. The Kier molecular flexibility index (Phi) is 2.53. The summed E-state index contributed by atoms with van der Waals surface area (Å²) in [5.41, 5.74) is 0.463. The van der Waals surface area contributed by atoms with Crippen molar-refractivity contribution in [2.45, 2.75) is 13.5 Å². The molecule has 0 aliphatic heterocycles. The van der Waals surface area contributed by atoms with E-state index in [0.717, 1.165) is 5.76 Å². The van der Waals surface area contributed by atoms with E-state index in [9.17, 15) is 4.79 Å². The van der Waals surface area contributed by atoms with Gasteiger partial charge in [-0.05, 0) is 19.1 Å². The van der Waals surface area contributed by atoms with E-state index in [1.807, 2.05) is 12.1 Å². The first-order valence-corrected chi connectivity index (χ1v) is 4.58. The van der Waals surface area contributed by atoms with Crippen LogP contribution in [0, 0.1) is 6.92 Å². The number of H-pyrrole nitrogens is 1. The summed E-state index contributed by atoms with van der Waals surface area (Å²) in [7, 11) is 0. The monoisotopic (exact) mass is 205 g/mol. The summed E-state index contributed by atoms with van der Waals surface area (Å²) in [5, 5.41) is 2.95. The zero-order valence-electron chi connectivity index (χ0n) is 8.28. The van der Waals surface area contributed by atoms with E-state index in [4.69, 9.17) is 4.42 Å². The van der Waals surface area contributed by atoms with Gasteiger partial charge in [0.1, 0.15) is 5.76 Å². The van der Waals surface area contributed by atoms with Crippen molar-refractivity contribution in [2.75, 3.05) is 5.32 Å². The molecule has 0 aliphatic rings. The summed E-state index contributed by atoms with van der Waals surface area (Å²) < 4.78 is 5.13. The summed E-state index contributed by atoms with van der Waals surface area (Å²) in [6.07, 6.45) is 3.13. The molecule has 2 aromatic rings. The molecule has 0 unspecified atom stereocenters. The Labute approximate surface area is 86.2 Å². The zero-order chi connectivity index (χ0) is 10.7. The average Bonchev–Trinajstić information content (AvgIpc) is 2.73. The lowest BCUT2D eigenvalue weighted by atomic mass is 10.4. The number of furan rings is 1. The predicted octanol–water partition coefficient (Wildman–Crippen LogP) is 1.28. The summed E-state index contributed by atoms with van der Waals surface area (Å²) in [6, 6.07) is 3.65. The van der Waals surface area contributed by atoms with Crippen molar-refractivity contribution < 1.29 is 4.42 Å². The third kappa shape index (κ3) is 2.25. The molecule has 0 radical (unpaired) electrons. The molecule has 5 nitrogen and oxygen atoms in total. The van der Waals surface area contributed by atoms with Gasteiger partial charge < -0.3 is 9.73 Å². The lowest BCUT2D eigenvalue weighted by molar-refractivity contribution is 0.517. The van der Waals surface area contributed by atoms with E-state index < -0.39 is 0 Å². The molecule has 2 rings (SSSR count). The molecule has 0 spiro atoms. The van der Waals surface area contributed by atoms with Crippen molar-refractivity contribution >= 4 is 5.95 Å². The van der Waals surface area contributed by atoms with Crippen LogP contribution in [0.1, 0.15) is 11.3 Å². The summed E-state index contributed by atoms with van der Waals surface area (Å²) in [6.45, 7) is 2.21. The number of nitrogens with zero attached hydrogens (tertiary/aromatic N) is 1. The minimum Gasteiger partial charge on any atom is -0.467 e. The summed E-state index contributed by atoms with van der Waals surface area (Å²) in [5.74, 6) is 1.24. The fraction of sp³-hybridized carbons (Fsp3) is 0.200. The standard InChI is InChI=1S/C10H11N3O2/c1-7-5-11-10(13-9(7)14)12-6-8-3-2-4-15-8/h2-5H,6H2,1H3,(H2,11,12,13,14). The van der Waals surface area contributed by atoms with Crippen LogP contribution in [0.3, 0.4) is 0 Å². The van der Waals surface area contributed by atoms with Gasteiger partial charge in [0.25, 0.3) is 5.56 Å². The van der Waals surface area contributed by atoms with Gasteiger partial charge in [-0.1, -0.05) is 0 Å². The van der Waals surface area contributed by atoms with Gasteiger partial charge in [-0.2, -0.15) is 0 Å². The number of aromatic amines is 1. The number of anilines is 1. The van der Waals surface area contributed by atoms with Crippen LogP contribution in [-0.2, 0) is 6.54 Å². The molecule has 0 saturated carbocycles. The number of rotatable bonds is 3. The Bertz CT molecular complexity index is 488. The topological polar surface area (TPSA) is 70.9 Å². The molecular weight excluding hydrogens is 194 g/mol. The fourth-order valence-electron chi connectivity index (χ4n) is 1.13. The highest BCUT2D eigenvalue weighted by atomic mass is 16.3. The second-order valence-electron chi connectivity index (χ2n) is 3.18. The second-order valence-corrected chi connectivity index (χ2v) is 3.18. The molecular formula is C10H11N3O2. The Morgan fingerprint density at radius 3 is 3.13 bits per heavy atom. The lowest BCUT2D eigenvalue weighted by Gasteiger charge is -2.02. The minimum atomic E-state index is -0.132. The van der Waals surface area contributed by atoms with Crippen LogP contribution in [0.5, 0.6) is 0 Å². The third-order valence-corrected chi connectivity index (χ3v) is 1.99. The number of aryl methyl sites for hydroxylation is 1. The van der Waals surface area contributed by atoms with Gasteiger partial charge in [0.2, 0.25) is 5.95 Å². The van der Waals surface area contributed by atoms with Crippen molar-refractivity contribution in [3.05, 3.63) is 46.3 Å². The van der Waals surface area contributed by atoms with E-state index in [0.29, 0.717) is 18.1 Å². The van der Waals surface area contributed by atoms with Crippen LogP contribution < -0.4 is 10.9 Å². The molecule has 0 aromatic carbocycles. The highest BCUT2D eigenvalue weighted by molar-refractivity contribution is 5.25. The molecule has 2 N–H and O–H groups in total. The third-order valence-electron chi connectivity index (χ3n) is 1.99. The van der Waals surface area contributed by atoms with E-state index in [-0.39, 0.29) is 5.56 Å². The molecule has 0 amide bonds. The van der Waals surface area contributed by atoms with Gasteiger partial charge >= 0.3 is 0 Å². The van der Waals surface area contributed by atoms with Crippen molar-refractivity contribution in [1.82, 2.24) is 9.97 Å². The average molecular weight is 205 g/mol. The van der Waals surface area contributed by atoms with E-state index in [2.05, 4.69) is 15.3 Å². The maximum atomic E-state index is 11.2. The van der Waals surface area contributed by atoms with Crippen molar-refractivity contribution in [3.63, 3.8) is 0 Å². The van der Waals surface area contributed by atoms with Crippen LogP contribution in [-0.4, -0.2) is 9.97 Å². The summed E-state index contributed by atoms with van der Waals surface area (Å²) >= 11 is 0. The quantitative estimate of drug-likeness (QED) is 0.791. The molecule has 15 heavy (non-hydrogen) atoms.